The maximum Gasteiger partial charge on any atom is 0.254 e. The van der Waals surface area contributed by atoms with E-state index in [-0.39, 0.29) is 18.8 Å². The zero-order chi connectivity index (χ0) is 13.6. The van der Waals surface area contributed by atoms with E-state index >= 15 is 0 Å². The number of methoxy groups -OCH3 is 1. The predicted molar refractivity (Wildman–Crippen MR) is 65.9 cm³/mol. The standard InChI is InChI=1S/C13H18FNO3/c1-13(7-8-16,9-18-2)15-12(17)10-5-3-4-6-11(10)14/h3-6,16H,7-9H2,1-2H3,(H,15,17)/t13-/m1/s1. The van der Waals surface area contributed by atoms with E-state index in [9.17, 15) is 9.18 Å². The summed E-state index contributed by atoms with van der Waals surface area (Å²) in [6.45, 7) is 1.90. The summed E-state index contributed by atoms with van der Waals surface area (Å²) < 4.78 is 18.5. The average molecular weight is 255 g/mol. The van der Waals surface area contributed by atoms with Crippen molar-refractivity contribution in [2.75, 3.05) is 20.3 Å². The molecule has 0 heterocycles. The lowest BCUT2D eigenvalue weighted by Crippen LogP contribution is -2.50. The Kier molecular flexibility index (Phi) is 5.25. The Balaban J connectivity index is 2.82. The number of carbonyl (C=O) groups excluding carboxylic acids is 1. The quantitative estimate of drug-likeness (QED) is 0.806. The monoisotopic (exact) mass is 255 g/mol. The number of aliphatic hydroxyl groups excluding tert-OH is 1. The molecule has 1 rings (SSSR count). The molecule has 0 fully saturated rings. The van der Waals surface area contributed by atoms with Crippen LogP contribution in [0.15, 0.2) is 24.3 Å². The molecule has 0 aromatic heterocycles. The molecule has 0 aliphatic carbocycles. The average Bonchev–Trinajstić information content (AvgIpc) is 2.29. The minimum absolute atomic E-state index is 0.0160. The summed E-state index contributed by atoms with van der Waals surface area (Å²) >= 11 is 0. The van der Waals surface area contributed by atoms with Gasteiger partial charge in [0.05, 0.1) is 17.7 Å². The van der Waals surface area contributed by atoms with Crippen LogP contribution in [0.3, 0.4) is 0 Å². The second-order valence-electron chi connectivity index (χ2n) is 4.40. The van der Waals surface area contributed by atoms with Crippen LogP contribution in [-0.2, 0) is 4.74 Å². The smallest absolute Gasteiger partial charge is 0.254 e. The number of benzene rings is 1. The number of rotatable bonds is 6. The van der Waals surface area contributed by atoms with Crippen molar-refractivity contribution in [1.82, 2.24) is 5.32 Å². The number of aliphatic hydroxyl groups is 1. The fourth-order valence-electron chi connectivity index (χ4n) is 1.72. The number of hydrogen-bond donors (Lipinski definition) is 2. The fourth-order valence-corrected chi connectivity index (χ4v) is 1.72. The van der Waals surface area contributed by atoms with Gasteiger partial charge in [0, 0.05) is 13.7 Å². The third kappa shape index (κ3) is 3.78. The first-order valence-corrected chi connectivity index (χ1v) is 5.69. The van der Waals surface area contributed by atoms with Gasteiger partial charge in [-0.1, -0.05) is 12.1 Å². The van der Waals surface area contributed by atoms with Gasteiger partial charge < -0.3 is 15.2 Å². The van der Waals surface area contributed by atoms with Crippen LogP contribution in [0.25, 0.3) is 0 Å². The molecule has 0 aliphatic rings. The Hall–Kier alpha value is -1.46. The van der Waals surface area contributed by atoms with Crippen LogP contribution in [0.4, 0.5) is 4.39 Å². The summed E-state index contributed by atoms with van der Waals surface area (Å²) in [4.78, 5) is 11.9. The predicted octanol–water partition coefficient (Wildman–Crippen LogP) is 1.34. The first-order chi connectivity index (χ1) is 8.52. The summed E-state index contributed by atoms with van der Waals surface area (Å²) in [7, 11) is 1.50. The highest BCUT2D eigenvalue weighted by molar-refractivity contribution is 5.94. The molecule has 18 heavy (non-hydrogen) atoms. The van der Waals surface area contributed by atoms with E-state index in [1.807, 2.05) is 0 Å². The molecule has 1 atom stereocenters. The van der Waals surface area contributed by atoms with Crippen LogP contribution < -0.4 is 5.32 Å². The maximum atomic E-state index is 13.4. The maximum absolute atomic E-state index is 13.4. The molecule has 4 nitrogen and oxygen atoms in total. The highest BCUT2D eigenvalue weighted by Crippen LogP contribution is 2.13. The Bertz CT molecular complexity index is 403. The van der Waals surface area contributed by atoms with E-state index in [1.54, 1.807) is 13.0 Å². The van der Waals surface area contributed by atoms with E-state index in [4.69, 9.17) is 9.84 Å². The number of halogens is 1. The second-order valence-corrected chi connectivity index (χ2v) is 4.40. The fraction of sp³-hybridized carbons (Fsp3) is 0.462. The van der Waals surface area contributed by atoms with Gasteiger partial charge in [0.25, 0.3) is 5.91 Å². The normalized spacial score (nSPS) is 14.0. The van der Waals surface area contributed by atoms with Gasteiger partial charge in [-0.3, -0.25) is 4.79 Å². The number of nitrogens with one attached hydrogen (secondary N) is 1. The lowest BCUT2D eigenvalue weighted by Gasteiger charge is -2.29. The van der Waals surface area contributed by atoms with Crippen LogP contribution in [0.1, 0.15) is 23.7 Å². The molecule has 100 valence electrons. The van der Waals surface area contributed by atoms with Gasteiger partial charge in [0.2, 0.25) is 0 Å². The first kappa shape index (κ1) is 14.6. The molecule has 0 aliphatic heterocycles. The van der Waals surface area contributed by atoms with Crippen LogP contribution in [0.5, 0.6) is 0 Å². The summed E-state index contributed by atoms with van der Waals surface area (Å²) in [6.07, 6.45) is 0.334. The van der Waals surface area contributed by atoms with Gasteiger partial charge in [-0.25, -0.2) is 4.39 Å². The van der Waals surface area contributed by atoms with Crippen molar-refractivity contribution in [3.8, 4) is 0 Å². The molecular weight excluding hydrogens is 237 g/mol. The number of amides is 1. The molecule has 0 radical (unpaired) electrons. The largest absolute Gasteiger partial charge is 0.396 e. The number of hydrogen-bond acceptors (Lipinski definition) is 3. The van der Waals surface area contributed by atoms with E-state index in [1.165, 1.54) is 25.3 Å². The van der Waals surface area contributed by atoms with Crippen LogP contribution in [-0.4, -0.2) is 36.9 Å². The molecule has 0 saturated carbocycles. The van der Waals surface area contributed by atoms with Gasteiger partial charge in [-0.05, 0) is 25.5 Å². The second kappa shape index (κ2) is 6.47. The summed E-state index contributed by atoms with van der Waals surface area (Å²) in [5.74, 6) is -1.08. The Labute approximate surface area is 106 Å². The summed E-state index contributed by atoms with van der Waals surface area (Å²) in [6, 6.07) is 5.76. The van der Waals surface area contributed by atoms with E-state index in [2.05, 4.69) is 5.32 Å². The van der Waals surface area contributed by atoms with Crippen LogP contribution >= 0.6 is 0 Å². The molecule has 1 aromatic carbocycles. The molecule has 2 N–H and O–H groups in total. The van der Waals surface area contributed by atoms with Crippen molar-refractivity contribution in [3.63, 3.8) is 0 Å². The van der Waals surface area contributed by atoms with E-state index in [0.29, 0.717) is 6.42 Å². The molecular formula is C13H18FNO3. The molecule has 5 heteroatoms. The highest BCUT2D eigenvalue weighted by Gasteiger charge is 2.27. The van der Waals surface area contributed by atoms with Gasteiger partial charge in [-0.2, -0.15) is 0 Å². The van der Waals surface area contributed by atoms with Crippen molar-refractivity contribution in [1.29, 1.82) is 0 Å². The number of ether oxygens (including phenoxy) is 1. The Morgan fingerprint density at radius 1 is 1.50 bits per heavy atom. The van der Waals surface area contributed by atoms with Crippen molar-refractivity contribution in [2.24, 2.45) is 0 Å². The molecule has 0 saturated heterocycles. The summed E-state index contributed by atoms with van der Waals surface area (Å²) in [5.41, 5.74) is -0.735. The van der Waals surface area contributed by atoms with Crippen molar-refractivity contribution in [2.45, 2.75) is 18.9 Å². The third-order valence-corrected chi connectivity index (χ3v) is 2.66. The van der Waals surface area contributed by atoms with Gasteiger partial charge >= 0.3 is 0 Å². The van der Waals surface area contributed by atoms with Crippen LogP contribution in [0, 0.1) is 5.82 Å². The van der Waals surface area contributed by atoms with E-state index in [0.717, 1.165) is 0 Å². The Morgan fingerprint density at radius 3 is 2.72 bits per heavy atom. The van der Waals surface area contributed by atoms with Gasteiger partial charge in [0.15, 0.2) is 0 Å². The lowest BCUT2D eigenvalue weighted by molar-refractivity contribution is 0.0722. The molecule has 1 amide bonds. The SMILES string of the molecule is COC[C@@](C)(CCO)NC(=O)c1ccccc1F. The molecule has 1 aromatic rings. The Morgan fingerprint density at radius 2 is 2.17 bits per heavy atom. The van der Waals surface area contributed by atoms with E-state index < -0.39 is 17.3 Å². The zero-order valence-corrected chi connectivity index (χ0v) is 10.6. The molecule has 0 spiro atoms. The van der Waals surface area contributed by atoms with Gasteiger partial charge in [-0.15, -0.1) is 0 Å². The number of carbonyl (C=O) groups is 1. The first-order valence-electron chi connectivity index (χ1n) is 5.69. The third-order valence-electron chi connectivity index (χ3n) is 2.66. The minimum atomic E-state index is -0.719. The highest BCUT2D eigenvalue weighted by atomic mass is 19.1. The topological polar surface area (TPSA) is 58.6 Å². The van der Waals surface area contributed by atoms with Crippen molar-refractivity contribution in [3.05, 3.63) is 35.6 Å². The van der Waals surface area contributed by atoms with Gasteiger partial charge in [0.1, 0.15) is 5.82 Å². The minimum Gasteiger partial charge on any atom is -0.396 e. The van der Waals surface area contributed by atoms with Crippen molar-refractivity contribution >= 4 is 5.91 Å². The lowest BCUT2D eigenvalue weighted by atomic mass is 9.98. The molecule has 0 unspecified atom stereocenters. The summed E-state index contributed by atoms with van der Waals surface area (Å²) in [5, 5.41) is 11.7. The zero-order valence-electron chi connectivity index (χ0n) is 10.6. The molecule has 0 bridgehead atoms. The van der Waals surface area contributed by atoms with Crippen molar-refractivity contribution < 1.29 is 19.0 Å². The van der Waals surface area contributed by atoms with Crippen LogP contribution in [0.2, 0.25) is 0 Å².